The van der Waals surface area contributed by atoms with Crippen LogP contribution in [0.25, 0.3) is 0 Å². The molecule has 8 heteroatoms. The van der Waals surface area contributed by atoms with E-state index in [-0.39, 0.29) is 30.5 Å². The van der Waals surface area contributed by atoms with Gasteiger partial charge in [-0.1, -0.05) is 6.42 Å². The number of carbonyl (C=O) groups excluding carboxylic acids is 1. The van der Waals surface area contributed by atoms with Gasteiger partial charge in [0.15, 0.2) is 0 Å². The zero-order valence-electron chi connectivity index (χ0n) is 14.4. The molecule has 2 N–H and O–H groups in total. The Morgan fingerprint density at radius 3 is 2.33 bits per heavy atom. The van der Waals surface area contributed by atoms with Crippen molar-refractivity contribution in [2.45, 2.75) is 44.2 Å². The Bertz CT molecular complexity index is 549. The monoisotopic (exact) mass is 379 g/mol. The number of nitrogens with two attached hydrogens (primary N) is 1. The highest BCUT2D eigenvalue weighted by molar-refractivity contribution is 7.90. The highest BCUT2D eigenvalue weighted by Crippen LogP contribution is 2.46. The number of amides is 1. The first-order valence-corrected chi connectivity index (χ1v) is 10.9. The van der Waals surface area contributed by atoms with Gasteiger partial charge in [0.25, 0.3) is 0 Å². The van der Waals surface area contributed by atoms with Crippen LogP contribution in [0.5, 0.6) is 0 Å². The molecule has 2 bridgehead atoms. The lowest BCUT2D eigenvalue weighted by Crippen LogP contribution is -2.56. The molecule has 0 spiro atoms. The fraction of sp³-hybridized carbons (Fsp3) is 0.938. The van der Waals surface area contributed by atoms with Gasteiger partial charge in [-0.15, -0.1) is 12.4 Å². The largest absolute Gasteiger partial charge is 0.339 e. The molecular formula is C16H30ClN3O3S. The van der Waals surface area contributed by atoms with Crippen LogP contribution in [0.2, 0.25) is 0 Å². The van der Waals surface area contributed by atoms with Gasteiger partial charge in [0, 0.05) is 38.5 Å². The fourth-order valence-electron chi connectivity index (χ4n) is 4.63. The summed E-state index contributed by atoms with van der Waals surface area (Å²) < 4.78 is 22.4. The van der Waals surface area contributed by atoms with Crippen molar-refractivity contribution >= 4 is 28.2 Å². The van der Waals surface area contributed by atoms with Crippen molar-refractivity contribution in [3.05, 3.63) is 0 Å². The summed E-state index contributed by atoms with van der Waals surface area (Å²) in [6.07, 6.45) is 6.93. The number of hydrogen-bond donors (Lipinski definition) is 1. The molecule has 0 aromatic carbocycles. The van der Waals surface area contributed by atoms with E-state index in [4.69, 9.17) is 5.73 Å². The van der Waals surface area contributed by atoms with E-state index < -0.39 is 15.9 Å². The number of halogens is 1. The maximum Gasteiger partial charge on any atom is 0.239 e. The molecule has 1 aliphatic heterocycles. The van der Waals surface area contributed by atoms with Crippen LogP contribution in [0.1, 0.15) is 32.1 Å². The Morgan fingerprint density at radius 2 is 1.83 bits per heavy atom. The van der Waals surface area contributed by atoms with Crippen molar-refractivity contribution in [2.75, 3.05) is 38.2 Å². The minimum atomic E-state index is -3.07. The Balaban J connectivity index is 0.00000208. The molecule has 0 aromatic rings. The van der Waals surface area contributed by atoms with Crippen LogP contribution in [-0.4, -0.2) is 74.4 Å². The second-order valence-corrected chi connectivity index (χ2v) is 9.89. The smallest absolute Gasteiger partial charge is 0.239 e. The molecule has 0 aromatic heterocycles. The molecule has 24 heavy (non-hydrogen) atoms. The number of carbonyl (C=O) groups is 1. The first-order valence-electron chi connectivity index (χ1n) is 8.79. The molecule has 0 radical (unpaired) electrons. The highest BCUT2D eigenvalue weighted by atomic mass is 35.5. The standard InChI is InChI=1S/C16H29N3O3S.ClH/c1-23(21,22)9-4-14(17)16(20)19-7-5-18(6-8-19)15-11-12-2-3-13(15)10-12;/h12-15H,2-11,17H2,1H3;1H. The molecule has 1 heterocycles. The molecule has 1 saturated heterocycles. The third kappa shape index (κ3) is 4.62. The number of nitrogens with zero attached hydrogens (tertiary/aromatic N) is 2. The lowest BCUT2D eigenvalue weighted by atomic mass is 9.93. The number of piperazine rings is 1. The molecule has 3 fully saturated rings. The van der Waals surface area contributed by atoms with Gasteiger partial charge in [-0.25, -0.2) is 8.42 Å². The summed E-state index contributed by atoms with van der Waals surface area (Å²) in [6.45, 7) is 3.30. The predicted molar refractivity (Wildman–Crippen MR) is 96.9 cm³/mol. The number of hydrogen-bond acceptors (Lipinski definition) is 5. The number of fused-ring (bicyclic) bond motifs is 2. The van der Waals surface area contributed by atoms with Crippen molar-refractivity contribution < 1.29 is 13.2 Å². The fourth-order valence-corrected chi connectivity index (χ4v) is 5.31. The average Bonchev–Trinajstić information content (AvgIpc) is 3.14. The minimum absolute atomic E-state index is 0. The lowest BCUT2D eigenvalue weighted by Gasteiger charge is -2.41. The van der Waals surface area contributed by atoms with Crippen LogP contribution in [-0.2, 0) is 14.6 Å². The quantitative estimate of drug-likeness (QED) is 0.752. The van der Waals surface area contributed by atoms with E-state index in [0.29, 0.717) is 0 Å². The molecule has 3 rings (SSSR count). The van der Waals surface area contributed by atoms with Gasteiger partial charge in [0.2, 0.25) is 5.91 Å². The molecule has 140 valence electrons. The number of sulfone groups is 1. The van der Waals surface area contributed by atoms with Crippen molar-refractivity contribution in [1.82, 2.24) is 9.80 Å². The lowest BCUT2D eigenvalue weighted by molar-refractivity contribution is -0.134. The summed E-state index contributed by atoms with van der Waals surface area (Å²) in [5.41, 5.74) is 5.89. The molecule has 2 aliphatic carbocycles. The van der Waals surface area contributed by atoms with Crippen molar-refractivity contribution in [3.8, 4) is 0 Å². The summed E-state index contributed by atoms with van der Waals surface area (Å²) >= 11 is 0. The third-order valence-electron chi connectivity index (χ3n) is 5.91. The van der Waals surface area contributed by atoms with Gasteiger partial charge < -0.3 is 10.6 Å². The second kappa shape index (κ2) is 7.89. The van der Waals surface area contributed by atoms with Gasteiger partial charge in [0.05, 0.1) is 11.8 Å². The average molecular weight is 380 g/mol. The molecule has 4 unspecified atom stereocenters. The van der Waals surface area contributed by atoms with Crippen molar-refractivity contribution in [3.63, 3.8) is 0 Å². The Morgan fingerprint density at radius 1 is 1.17 bits per heavy atom. The van der Waals surface area contributed by atoms with Crippen molar-refractivity contribution in [1.29, 1.82) is 0 Å². The molecule has 1 amide bonds. The van der Waals surface area contributed by atoms with E-state index in [1.54, 1.807) is 0 Å². The molecule has 6 nitrogen and oxygen atoms in total. The SMILES string of the molecule is CS(=O)(=O)CCC(N)C(=O)N1CCN(C2CC3CCC2C3)CC1.Cl. The van der Waals surface area contributed by atoms with E-state index >= 15 is 0 Å². The first kappa shape index (κ1) is 19.9. The summed E-state index contributed by atoms with van der Waals surface area (Å²) in [5, 5.41) is 0. The zero-order chi connectivity index (χ0) is 16.6. The Kier molecular flexibility index (Phi) is 6.56. The maximum atomic E-state index is 12.4. The van der Waals surface area contributed by atoms with E-state index in [2.05, 4.69) is 4.90 Å². The molecule has 3 aliphatic rings. The molecule has 2 saturated carbocycles. The van der Waals surface area contributed by atoms with Crippen molar-refractivity contribution in [2.24, 2.45) is 17.6 Å². The Hall–Kier alpha value is -0.370. The van der Waals surface area contributed by atoms with Crippen LogP contribution in [0.4, 0.5) is 0 Å². The van der Waals surface area contributed by atoms with Gasteiger partial charge in [-0.2, -0.15) is 0 Å². The summed E-state index contributed by atoms with van der Waals surface area (Å²) in [5.74, 6) is 1.69. The summed E-state index contributed by atoms with van der Waals surface area (Å²) in [4.78, 5) is 16.7. The van der Waals surface area contributed by atoms with Gasteiger partial charge in [-0.3, -0.25) is 9.69 Å². The van der Waals surface area contributed by atoms with Crippen LogP contribution in [0.3, 0.4) is 0 Å². The van der Waals surface area contributed by atoms with E-state index in [1.807, 2.05) is 4.90 Å². The zero-order valence-corrected chi connectivity index (χ0v) is 16.0. The summed E-state index contributed by atoms with van der Waals surface area (Å²) in [6, 6.07) is 0.0312. The van der Waals surface area contributed by atoms with Crippen LogP contribution >= 0.6 is 12.4 Å². The highest BCUT2D eigenvalue weighted by Gasteiger charge is 2.43. The minimum Gasteiger partial charge on any atom is -0.339 e. The maximum absolute atomic E-state index is 12.4. The van der Waals surface area contributed by atoms with Gasteiger partial charge in [-0.05, 0) is 37.5 Å². The molecular weight excluding hydrogens is 350 g/mol. The third-order valence-corrected chi connectivity index (χ3v) is 6.89. The second-order valence-electron chi connectivity index (χ2n) is 7.63. The van der Waals surface area contributed by atoms with E-state index in [9.17, 15) is 13.2 Å². The topological polar surface area (TPSA) is 83.7 Å². The first-order chi connectivity index (χ1) is 10.8. The van der Waals surface area contributed by atoms with Crippen LogP contribution in [0, 0.1) is 11.8 Å². The Labute approximate surface area is 151 Å². The molecule has 4 atom stereocenters. The van der Waals surface area contributed by atoms with E-state index in [1.165, 1.54) is 31.9 Å². The van der Waals surface area contributed by atoms with E-state index in [0.717, 1.165) is 44.1 Å². The number of rotatable bonds is 5. The van der Waals surface area contributed by atoms with Gasteiger partial charge >= 0.3 is 0 Å². The normalized spacial score (nSPS) is 31.8. The summed E-state index contributed by atoms with van der Waals surface area (Å²) in [7, 11) is -3.07. The van der Waals surface area contributed by atoms with Crippen LogP contribution < -0.4 is 5.73 Å². The predicted octanol–water partition coefficient (Wildman–Crippen LogP) is 0.503. The van der Waals surface area contributed by atoms with Crippen LogP contribution in [0.15, 0.2) is 0 Å². The van der Waals surface area contributed by atoms with Gasteiger partial charge in [0.1, 0.15) is 9.84 Å².